The average molecular weight is 1230 g/mol. The first-order chi connectivity index (χ1) is 37.4. The number of hydrogen-bond donors (Lipinski definition) is 7. The van der Waals surface area contributed by atoms with E-state index in [1.165, 1.54) is 57.5 Å². The molecule has 0 atom stereocenters. The van der Waals surface area contributed by atoms with Crippen molar-refractivity contribution in [2.24, 2.45) is 0 Å². The summed E-state index contributed by atoms with van der Waals surface area (Å²) in [5.74, 6) is -4.68. The van der Waals surface area contributed by atoms with Crippen LogP contribution in [0.25, 0.3) is 0 Å². The van der Waals surface area contributed by atoms with Gasteiger partial charge in [-0.1, -0.05) is 72.8 Å². The number of alkyl halides is 3. The molecule has 4 aromatic rings. The van der Waals surface area contributed by atoms with Crippen LogP contribution in [-0.2, 0) is 44.9 Å². The summed E-state index contributed by atoms with van der Waals surface area (Å²) >= 11 is 17.4. The molecule has 7 N–H and O–H groups in total. The third-order valence-electron chi connectivity index (χ3n) is 10.4. The second-order valence-corrected chi connectivity index (χ2v) is 20.9. The normalized spacial score (nSPS) is 13.0. The zero-order chi connectivity index (χ0) is 60.1. The second kappa shape index (κ2) is 31.3. The van der Waals surface area contributed by atoms with Gasteiger partial charge in [-0.3, -0.25) is 29.6 Å². The predicted octanol–water partition coefficient (Wildman–Crippen LogP) is 8.03. The van der Waals surface area contributed by atoms with E-state index >= 15 is 0 Å². The van der Waals surface area contributed by atoms with Gasteiger partial charge < -0.3 is 38.9 Å². The molecule has 6 rings (SSSR count). The number of hydrogen-bond acceptors (Lipinski definition) is 17. The molecule has 1 aromatic heterocycles. The van der Waals surface area contributed by atoms with Crippen LogP contribution in [0.15, 0.2) is 64.6 Å². The van der Waals surface area contributed by atoms with Crippen LogP contribution in [0.5, 0.6) is 17.5 Å². The van der Waals surface area contributed by atoms with Crippen molar-refractivity contribution < 1.29 is 98.3 Å². The molecule has 0 fully saturated rings. The number of esters is 1. The van der Waals surface area contributed by atoms with Gasteiger partial charge in [-0.15, -0.1) is 0 Å². The van der Waals surface area contributed by atoms with Gasteiger partial charge in [0.15, 0.2) is 12.4 Å². The quantitative estimate of drug-likeness (QED) is 0.0145. The number of nitrogens with zero attached hydrogens (tertiary/aromatic N) is 4. The standard InChI is InChI=1S/C21H23ClFNO5.C15H16F3N5O4S.C8H6Cl2O3.C3H8NO5P/c1-2-3-6-9-28-19(25)12-29-18-11-17(16(23)10-15(18)22)24-20(26)13-7-4-5-8-14(13)21(24)27;1-9-19-12(22-14(20-9)27-2)21-13(24)23-28(25,26)11-6-4-3-5-10(11)7-8-15(16,17)18;1-13-7-5(10)3-2-4(9)6(7)8(11)12;5-3(6)1-4-2-10(7,8)9/h10-11H,2-9,12H2,1H3;3-6H,7-8H2,1-2H3,(H2,19,20,21,22,23,24);2-3H,1H3,(H,11,12);4H,1-2H2,(H,5,6)(H2,7,8,9). The number of carbonyl (C=O) groups excluding carboxylic acids is 4. The maximum Gasteiger partial charge on any atom is 0.389 e. The van der Waals surface area contributed by atoms with Crippen LogP contribution in [-0.4, -0.2) is 126 Å². The van der Waals surface area contributed by atoms with Crippen LogP contribution >= 0.6 is 42.4 Å². The number of aliphatic carboxylic acids is 1. The number of aromatic carboxylic acids is 1. The highest BCUT2D eigenvalue weighted by molar-refractivity contribution is 7.90. The number of amides is 4. The van der Waals surface area contributed by atoms with Gasteiger partial charge in [0.05, 0.1) is 59.3 Å². The monoisotopic (exact) mass is 1230 g/mol. The van der Waals surface area contributed by atoms with Gasteiger partial charge in [0.25, 0.3) is 21.8 Å². The molecular weight excluding hydrogens is 1180 g/mol. The van der Waals surface area contributed by atoms with Crippen molar-refractivity contribution in [2.45, 2.75) is 82.7 Å². The Balaban J connectivity index is 0.000000305. The molecule has 0 spiro atoms. The first-order valence-electron chi connectivity index (χ1n) is 23.3. The molecule has 3 aromatic carbocycles. The third-order valence-corrected chi connectivity index (χ3v) is 13.3. The van der Waals surface area contributed by atoms with Crippen molar-refractivity contribution in [3.8, 4) is 17.5 Å². The lowest BCUT2D eigenvalue weighted by molar-refractivity contribution is -0.146. The number of ether oxygens (including phenoxy) is 4. The van der Waals surface area contributed by atoms with Gasteiger partial charge in [-0.2, -0.15) is 28.1 Å². The summed E-state index contributed by atoms with van der Waals surface area (Å²) < 4.78 is 109. The van der Waals surface area contributed by atoms with Crippen molar-refractivity contribution in [1.29, 1.82) is 0 Å². The summed E-state index contributed by atoms with van der Waals surface area (Å²) in [6.45, 7) is 2.99. The van der Waals surface area contributed by atoms with E-state index in [2.05, 4.69) is 25.6 Å². The molecule has 33 heteroatoms. The van der Waals surface area contributed by atoms with Gasteiger partial charge in [-0.25, -0.2) is 36.8 Å². The number of nitrogens with one attached hydrogen (secondary N) is 3. The summed E-state index contributed by atoms with van der Waals surface area (Å²) in [5, 5.41) is 21.2. The molecule has 4 amide bonds. The Hall–Kier alpha value is -6.72. The van der Waals surface area contributed by atoms with E-state index in [4.69, 9.17) is 73.8 Å². The predicted molar refractivity (Wildman–Crippen MR) is 279 cm³/mol. The van der Waals surface area contributed by atoms with Crippen LogP contribution in [0.2, 0.25) is 15.1 Å². The largest absolute Gasteiger partial charge is 0.494 e. The number of aryl methyl sites for hydroxylation is 2. The molecule has 0 saturated heterocycles. The van der Waals surface area contributed by atoms with Crippen molar-refractivity contribution in [3.05, 3.63) is 97.5 Å². The van der Waals surface area contributed by atoms with Gasteiger partial charge in [-0.05, 0) is 75.3 Å². The lowest BCUT2D eigenvalue weighted by Gasteiger charge is -2.18. The van der Waals surface area contributed by atoms with E-state index < -0.39 is 103 Å². The summed E-state index contributed by atoms with van der Waals surface area (Å²) in [6, 6.07) is 8.85. The maximum absolute atomic E-state index is 14.5. The first kappa shape index (κ1) is 67.6. The van der Waals surface area contributed by atoms with E-state index in [1.807, 2.05) is 6.92 Å². The Labute approximate surface area is 469 Å². The summed E-state index contributed by atoms with van der Waals surface area (Å²) in [6.07, 6.45) is -1.39. The number of rotatable bonds is 20. The molecule has 0 radical (unpaired) electrons. The van der Waals surface area contributed by atoms with Crippen LogP contribution < -0.4 is 34.5 Å². The fraction of sp³-hybridized carbons (Fsp3) is 0.383. The average Bonchev–Trinajstić information content (AvgIpc) is 3.62. The molecule has 2 heterocycles. The van der Waals surface area contributed by atoms with E-state index in [0.29, 0.717) is 30.6 Å². The zero-order valence-corrected chi connectivity index (χ0v) is 46.7. The Kier molecular flexibility index (Phi) is 26.5. The molecule has 2 aliphatic rings. The summed E-state index contributed by atoms with van der Waals surface area (Å²) in [4.78, 5) is 97.8. The number of unbranched alkanes of at least 4 members (excludes halogenated alkanes) is 2. The lowest BCUT2D eigenvalue weighted by Crippen LogP contribution is -2.35. The maximum atomic E-state index is 14.5. The van der Waals surface area contributed by atoms with Gasteiger partial charge >= 0.3 is 43.7 Å². The minimum atomic E-state index is -4.45. The fourth-order valence-corrected chi connectivity index (χ4v) is 9.12. The van der Waals surface area contributed by atoms with E-state index in [-0.39, 0.29) is 61.2 Å². The molecule has 24 nitrogen and oxygen atoms in total. The molecule has 0 bridgehead atoms. The van der Waals surface area contributed by atoms with E-state index in [9.17, 15) is 59.3 Å². The van der Waals surface area contributed by atoms with Crippen molar-refractivity contribution in [3.63, 3.8) is 0 Å². The Bertz CT molecular complexity index is 3070. The highest BCUT2D eigenvalue weighted by Gasteiger charge is 2.41. The Morgan fingerprint density at radius 3 is 2.05 bits per heavy atom. The van der Waals surface area contributed by atoms with Gasteiger partial charge in [0.1, 0.15) is 23.0 Å². The fourth-order valence-electron chi connectivity index (χ4n) is 6.87. The highest BCUT2D eigenvalue weighted by Crippen LogP contribution is 2.40. The van der Waals surface area contributed by atoms with E-state index in [0.717, 1.165) is 49.1 Å². The number of methoxy groups -OCH3 is 2. The Morgan fingerprint density at radius 1 is 0.875 bits per heavy atom. The summed E-state index contributed by atoms with van der Waals surface area (Å²) in [5.41, 5.74) is 0.488. The van der Waals surface area contributed by atoms with Crippen LogP contribution in [0.4, 0.5) is 34.0 Å². The number of anilines is 2. The van der Waals surface area contributed by atoms with Gasteiger partial charge in [0, 0.05) is 23.6 Å². The number of urea groups is 1. The SMILES string of the molecule is CCCCCOC(=O)COc1cc(N2C(=O)C3=C(CCCC3)C2=O)c(F)cc1Cl.COc1c(Cl)ccc(Cl)c1C(=O)O.COc1nc(C)nc(NC(=O)NS(=O)(=O)c2ccccc2CCC(F)(F)F)n1.O=C(O)CNCP(=O)(O)O. The van der Waals surface area contributed by atoms with Crippen molar-refractivity contribution in [1.82, 2.24) is 25.0 Å². The number of carboxylic acid groups (broad SMARTS) is 2. The Morgan fingerprint density at radius 2 is 1.50 bits per heavy atom. The minimum Gasteiger partial charge on any atom is -0.494 e. The molecule has 1 aliphatic carbocycles. The highest BCUT2D eigenvalue weighted by atomic mass is 35.5. The number of aromatic nitrogens is 3. The number of halogens is 7. The molecule has 1 aliphatic heterocycles. The van der Waals surface area contributed by atoms with Crippen LogP contribution in [0, 0.1) is 12.7 Å². The van der Waals surface area contributed by atoms with Gasteiger partial charge in [0.2, 0.25) is 5.95 Å². The van der Waals surface area contributed by atoms with E-state index in [1.54, 1.807) is 4.72 Å². The van der Waals surface area contributed by atoms with Crippen LogP contribution in [0.1, 0.15) is 80.0 Å². The topological polar surface area (TPSA) is 349 Å². The molecule has 438 valence electrons. The lowest BCUT2D eigenvalue weighted by atomic mass is 9.93. The molecule has 0 saturated carbocycles. The number of carboxylic acids is 2. The number of benzene rings is 3. The molecule has 80 heavy (non-hydrogen) atoms. The summed E-state index contributed by atoms with van der Waals surface area (Å²) in [7, 11) is -5.90. The molecule has 0 unspecified atom stereocenters. The van der Waals surface area contributed by atoms with Crippen molar-refractivity contribution in [2.75, 3.05) is 50.5 Å². The second-order valence-electron chi connectivity index (χ2n) is 16.4. The minimum absolute atomic E-state index is 0.000883. The molecular formula is C47H53Cl3F4N7O17PS. The number of sulfonamides is 1. The zero-order valence-electron chi connectivity index (χ0n) is 42.7. The van der Waals surface area contributed by atoms with Crippen molar-refractivity contribution >= 4 is 99.8 Å². The first-order valence-corrected chi connectivity index (χ1v) is 27.7. The third kappa shape index (κ3) is 21.7. The smallest absolute Gasteiger partial charge is 0.389 e. The number of imide groups is 1. The van der Waals surface area contributed by atoms with Crippen LogP contribution in [0.3, 0.4) is 0 Å². The number of carbonyl (C=O) groups is 6.